The highest BCUT2D eigenvalue weighted by molar-refractivity contribution is 4.94. The van der Waals surface area contributed by atoms with Crippen molar-refractivity contribution in [1.82, 2.24) is 4.90 Å². The maximum absolute atomic E-state index is 8.83. The molecule has 2 nitrogen and oxygen atoms in total. The van der Waals surface area contributed by atoms with Gasteiger partial charge in [0.25, 0.3) is 0 Å². The van der Waals surface area contributed by atoms with Crippen LogP contribution in [0.15, 0.2) is 0 Å². The van der Waals surface area contributed by atoms with Crippen molar-refractivity contribution in [2.24, 2.45) is 5.92 Å². The molecule has 1 aliphatic carbocycles. The SMILES string of the molecule is CN(C)C1CCCCC1C#N. The molecule has 0 aliphatic heterocycles. The minimum Gasteiger partial charge on any atom is -0.305 e. The van der Waals surface area contributed by atoms with Crippen LogP contribution in [0.3, 0.4) is 0 Å². The van der Waals surface area contributed by atoms with Crippen LogP contribution in [0, 0.1) is 17.2 Å². The molecule has 62 valence electrons. The van der Waals surface area contributed by atoms with E-state index in [2.05, 4.69) is 25.1 Å². The van der Waals surface area contributed by atoms with Gasteiger partial charge >= 0.3 is 0 Å². The van der Waals surface area contributed by atoms with Crippen molar-refractivity contribution in [3.63, 3.8) is 0 Å². The summed E-state index contributed by atoms with van der Waals surface area (Å²) in [5.74, 6) is 0.277. The van der Waals surface area contributed by atoms with Crippen molar-refractivity contribution in [2.45, 2.75) is 31.7 Å². The van der Waals surface area contributed by atoms with Crippen LogP contribution in [0.1, 0.15) is 25.7 Å². The monoisotopic (exact) mass is 152 g/mol. The fourth-order valence-corrected chi connectivity index (χ4v) is 1.88. The molecule has 1 aliphatic rings. The molecule has 0 bridgehead atoms. The quantitative estimate of drug-likeness (QED) is 0.571. The highest BCUT2D eigenvalue weighted by Crippen LogP contribution is 2.26. The predicted octanol–water partition coefficient (Wildman–Crippen LogP) is 1.63. The molecule has 2 heteroatoms. The third-order valence-corrected chi connectivity index (χ3v) is 2.56. The second-order valence-electron chi connectivity index (χ2n) is 3.55. The van der Waals surface area contributed by atoms with Gasteiger partial charge in [-0.2, -0.15) is 5.26 Å². The van der Waals surface area contributed by atoms with E-state index in [4.69, 9.17) is 5.26 Å². The smallest absolute Gasteiger partial charge is 0.0672 e. The van der Waals surface area contributed by atoms with Gasteiger partial charge in [0.2, 0.25) is 0 Å². The highest BCUT2D eigenvalue weighted by Gasteiger charge is 2.25. The fraction of sp³-hybridized carbons (Fsp3) is 0.889. The van der Waals surface area contributed by atoms with Crippen molar-refractivity contribution in [2.75, 3.05) is 14.1 Å². The summed E-state index contributed by atoms with van der Waals surface area (Å²) < 4.78 is 0. The minimum atomic E-state index is 0.277. The van der Waals surface area contributed by atoms with Crippen LogP contribution in [0.2, 0.25) is 0 Å². The van der Waals surface area contributed by atoms with E-state index in [1.54, 1.807) is 0 Å². The van der Waals surface area contributed by atoms with Gasteiger partial charge in [-0.15, -0.1) is 0 Å². The van der Waals surface area contributed by atoms with E-state index in [0.717, 1.165) is 6.42 Å². The van der Waals surface area contributed by atoms with E-state index in [0.29, 0.717) is 6.04 Å². The standard InChI is InChI=1S/C9H16N2/c1-11(2)9-6-4-3-5-8(9)7-10/h8-9H,3-6H2,1-2H3. The summed E-state index contributed by atoms with van der Waals surface area (Å²) in [6.07, 6.45) is 4.83. The third kappa shape index (κ3) is 1.94. The van der Waals surface area contributed by atoms with Crippen molar-refractivity contribution >= 4 is 0 Å². The number of nitrogens with zero attached hydrogens (tertiary/aromatic N) is 2. The first-order valence-electron chi connectivity index (χ1n) is 4.31. The normalized spacial score (nSPS) is 31.8. The molecular formula is C9H16N2. The molecule has 1 fully saturated rings. The van der Waals surface area contributed by atoms with E-state index >= 15 is 0 Å². The molecule has 0 heterocycles. The Morgan fingerprint density at radius 3 is 2.36 bits per heavy atom. The summed E-state index contributed by atoms with van der Waals surface area (Å²) in [6, 6.07) is 2.90. The molecule has 0 amide bonds. The van der Waals surface area contributed by atoms with Crippen LogP contribution in [-0.4, -0.2) is 25.0 Å². The number of hydrogen-bond acceptors (Lipinski definition) is 2. The third-order valence-electron chi connectivity index (χ3n) is 2.56. The molecule has 0 radical (unpaired) electrons. The molecule has 0 aromatic carbocycles. The number of hydrogen-bond donors (Lipinski definition) is 0. The summed E-state index contributed by atoms with van der Waals surface area (Å²) in [7, 11) is 4.14. The van der Waals surface area contributed by atoms with E-state index in [1.807, 2.05) is 0 Å². The Labute approximate surface area is 68.8 Å². The Hall–Kier alpha value is -0.550. The molecule has 0 aromatic heterocycles. The lowest BCUT2D eigenvalue weighted by atomic mass is 9.85. The second-order valence-corrected chi connectivity index (χ2v) is 3.55. The number of rotatable bonds is 1. The second kappa shape index (κ2) is 3.73. The van der Waals surface area contributed by atoms with Crippen LogP contribution < -0.4 is 0 Å². The van der Waals surface area contributed by atoms with Crippen LogP contribution in [0.5, 0.6) is 0 Å². The fourth-order valence-electron chi connectivity index (χ4n) is 1.88. The summed E-state index contributed by atoms with van der Waals surface area (Å²) in [5.41, 5.74) is 0. The Kier molecular flexibility index (Phi) is 2.90. The molecule has 0 spiro atoms. The minimum absolute atomic E-state index is 0.277. The van der Waals surface area contributed by atoms with E-state index in [1.165, 1.54) is 19.3 Å². The van der Waals surface area contributed by atoms with Gasteiger partial charge in [-0.1, -0.05) is 12.8 Å². The average Bonchev–Trinajstić information content (AvgIpc) is 2.04. The molecule has 1 saturated carbocycles. The zero-order valence-corrected chi connectivity index (χ0v) is 7.38. The Balaban J connectivity index is 2.53. The van der Waals surface area contributed by atoms with Gasteiger partial charge in [0.15, 0.2) is 0 Å². The predicted molar refractivity (Wildman–Crippen MR) is 45.0 cm³/mol. The summed E-state index contributed by atoms with van der Waals surface area (Å²) in [6.45, 7) is 0. The Morgan fingerprint density at radius 2 is 1.91 bits per heavy atom. The largest absolute Gasteiger partial charge is 0.305 e. The zero-order chi connectivity index (χ0) is 8.27. The highest BCUT2D eigenvalue weighted by atomic mass is 15.1. The summed E-state index contributed by atoms with van der Waals surface area (Å²) in [4.78, 5) is 2.19. The van der Waals surface area contributed by atoms with Gasteiger partial charge in [-0.3, -0.25) is 0 Å². The lowest BCUT2D eigenvalue weighted by Gasteiger charge is -2.31. The molecule has 2 atom stereocenters. The van der Waals surface area contributed by atoms with Crippen molar-refractivity contribution < 1.29 is 0 Å². The van der Waals surface area contributed by atoms with Crippen molar-refractivity contribution in [3.05, 3.63) is 0 Å². The zero-order valence-electron chi connectivity index (χ0n) is 7.38. The molecular weight excluding hydrogens is 136 g/mol. The maximum Gasteiger partial charge on any atom is 0.0672 e. The van der Waals surface area contributed by atoms with Gasteiger partial charge in [0.1, 0.15) is 0 Å². The Morgan fingerprint density at radius 1 is 1.27 bits per heavy atom. The van der Waals surface area contributed by atoms with Crippen molar-refractivity contribution in [3.8, 4) is 6.07 Å². The summed E-state index contributed by atoms with van der Waals surface area (Å²) in [5, 5.41) is 8.83. The van der Waals surface area contributed by atoms with Gasteiger partial charge < -0.3 is 4.90 Å². The van der Waals surface area contributed by atoms with E-state index < -0.39 is 0 Å². The molecule has 0 aromatic rings. The first kappa shape index (κ1) is 8.55. The van der Waals surface area contributed by atoms with Gasteiger partial charge in [-0.05, 0) is 26.9 Å². The van der Waals surface area contributed by atoms with Gasteiger partial charge in [0, 0.05) is 6.04 Å². The van der Waals surface area contributed by atoms with E-state index in [-0.39, 0.29) is 5.92 Å². The molecule has 11 heavy (non-hydrogen) atoms. The molecule has 0 N–H and O–H groups in total. The topological polar surface area (TPSA) is 27.0 Å². The van der Waals surface area contributed by atoms with Crippen LogP contribution >= 0.6 is 0 Å². The van der Waals surface area contributed by atoms with Crippen molar-refractivity contribution in [1.29, 1.82) is 5.26 Å². The lowest BCUT2D eigenvalue weighted by molar-refractivity contribution is 0.188. The van der Waals surface area contributed by atoms with Gasteiger partial charge in [-0.25, -0.2) is 0 Å². The molecule has 0 saturated heterocycles. The average molecular weight is 152 g/mol. The summed E-state index contributed by atoms with van der Waals surface area (Å²) >= 11 is 0. The molecule has 2 unspecified atom stereocenters. The van der Waals surface area contributed by atoms with Crippen LogP contribution in [-0.2, 0) is 0 Å². The number of nitriles is 1. The Bertz CT molecular complexity index is 157. The molecule has 1 rings (SSSR count). The first-order chi connectivity index (χ1) is 5.25. The van der Waals surface area contributed by atoms with Gasteiger partial charge in [0.05, 0.1) is 12.0 Å². The maximum atomic E-state index is 8.83. The van der Waals surface area contributed by atoms with Crippen LogP contribution in [0.25, 0.3) is 0 Å². The van der Waals surface area contributed by atoms with E-state index in [9.17, 15) is 0 Å². The first-order valence-corrected chi connectivity index (χ1v) is 4.31. The lowest BCUT2D eigenvalue weighted by Crippen LogP contribution is -2.36. The van der Waals surface area contributed by atoms with Crippen LogP contribution in [0.4, 0.5) is 0 Å².